The topological polar surface area (TPSA) is 78.9 Å². The van der Waals surface area contributed by atoms with Gasteiger partial charge in [-0.1, -0.05) is 0 Å². The lowest BCUT2D eigenvalue weighted by Gasteiger charge is -2.37. The van der Waals surface area contributed by atoms with E-state index in [4.69, 9.17) is 9.84 Å². The van der Waals surface area contributed by atoms with Crippen LogP contribution in [0.2, 0.25) is 0 Å². The zero-order chi connectivity index (χ0) is 14.0. The molecule has 2 rings (SSSR count). The first-order chi connectivity index (χ1) is 8.97. The third-order valence-electron chi connectivity index (χ3n) is 3.98. The lowest BCUT2D eigenvalue weighted by atomic mass is 10.1. The Bertz CT molecular complexity index is 361. The number of carbonyl (C=O) groups is 2. The second-order valence-electron chi connectivity index (χ2n) is 5.64. The lowest BCUT2D eigenvalue weighted by molar-refractivity contribution is -0.141. The molecular formula is C13H22N2O4. The van der Waals surface area contributed by atoms with Crippen molar-refractivity contribution in [1.29, 1.82) is 0 Å². The molecule has 6 heteroatoms. The predicted octanol–water partition coefficient (Wildman–Crippen LogP) is 1.06. The van der Waals surface area contributed by atoms with Gasteiger partial charge in [0.25, 0.3) is 0 Å². The van der Waals surface area contributed by atoms with E-state index in [1.54, 1.807) is 4.90 Å². The molecule has 4 atom stereocenters. The summed E-state index contributed by atoms with van der Waals surface area (Å²) in [4.78, 5) is 24.9. The predicted molar refractivity (Wildman–Crippen MR) is 68.9 cm³/mol. The highest BCUT2D eigenvalue weighted by Gasteiger charge is 2.33. The summed E-state index contributed by atoms with van der Waals surface area (Å²) >= 11 is 0. The number of nitrogens with zero attached hydrogens (tertiary/aromatic N) is 1. The van der Waals surface area contributed by atoms with Gasteiger partial charge in [0.2, 0.25) is 0 Å². The number of carboxylic acids is 1. The van der Waals surface area contributed by atoms with E-state index in [0.717, 1.165) is 6.42 Å². The number of hydrogen-bond acceptors (Lipinski definition) is 3. The number of amides is 2. The first-order valence-corrected chi connectivity index (χ1v) is 6.89. The number of hydrogen-bond donors (Lipinski definition) is 2. The summed E-state index contributed by atoms with van der Waals surface area (Å²) < 4.78 is 5.49. The van der Waals surface area contributed by atoms with Gasteiger partial charge in [-0.3, -0.25) is 4.79 Å². The van der Waals surface area contributed by atoms with Crippen LogP contribution >= 0.6 is 0 Å². The standard InChI is InChI=1S/C13H22N2O4/c1-8-7-19-9(2)6-15(8)13(18)14-11-4-3-10(5-11)12(16)17/h8-11H,3-7H2,1-2H3,(H,14,18)(H,16,17). The van der Waals surface area contributed by atoms with Crippen LogP contribution in [0.15, 0.2) is 0 Å². The minimum atomic E-state index is -0.759. The molecule has 1 saturated carbocycles. The van der Waals surface area contributed by atoms with Gasteiger partial charge in [0, 0.05) is 12.6 Å². The third kappa shape index (κ3) is 3.37. The van der Waals surface area contributed by atoms with Crippen molar-refractivity contribution in [2.45, 2.75) is 51.3 Å². The number of carboxylic acid groups (broad SMARTS) is 1. The van der Waals surface area contributed by atoms with E-state index < -0.39 is 5.97 Å². The molecule has 0 bridgehead atoms. The Labute approximate surface area is 113 Å². The first-order valence-electron chi connectivity index (χ1n) is 6.89. The quantitative estimate of drug-likeness (QED) is 0.786. The summed E-state index contributed by atoms with van der Waals surface area (Å²) in [6.45, 7) is 5.04. The first kappa shape index (κ1) is 14.1. The maximum absolute atomic E-state index is 12.2. The van der Waals surface area contributed by atoms with Crippen LogP contribution in [0.5, 0.6) is 0 Å². The fraction of sp³-hybridized carbons (Fsp3) is 0.846. The number of carbonyl (C=O) groups excluding carboxylic acids is 1. The minimum absolute atomic E-state index is 0.0149. The molecule has 19 heavy (non-hydrogen) atoms. The number of urea groups is 1. The van der Waals surface area contributed by atoms with E-state index in [0.29, 0.717) is 26.0 Å². The van der Waals surface area contributed by atoms with Crippen LogP contribution in [0.1, 0.15) is 33.1 Å². The fourth-order valence-corrected chi connectivity index (χ4v) is 2.78. The normalized spacial score (nSPS) is 35.2. The zero-order valence-electron chi connectivity index (χ0n) is 11.5. The average Bonchev–Trinajstić information content (AvgIpc) is 2.80. The maximum Gasteiger partial charge on any atom is 0.318 e. The maximum atomic E-state index is 12.2. The fourth-order valence-electron chi connectivity index (χ4n) is 2.78. The van der Waals surface area contributed by atoms with E-state index in [-0.39, 0.29) is 30.1 Å². The molecule has 108 valence electrons. The van der Waals surface area contributed by atoms with Gasteiger partial charge in [-0.2, -0.15) is 0 Å². The molecule has 4 unspecified atom stereocenters. The Morgan fingerprint density at radius 2 is 2.05 bits per heavy atom. The molecule has 0 aromatic rings. The molecule has 0 aromatic carbocycles. The van der Waals surface area contributed by atoms with Crippen molar-refractivity contribution in [2.24, 2.45) is 5.92 Å². The highest BCUT2D eigenvalue weighted by atomic mass is 16.5. The van der Waals surface area contributed by atoms with Gasteiger partial charge in [0.05, 0.1) is 24.7 Å². The number of morpholine rings is 1. The molecular weight excluding hydrogens is 248 g/mol. The van der Waals surface area contributed by atoms with Crippen LogP contribution in [-0.4, -0.2) is 53.3 Å². The Kier molecular flexibility index (Phi) is 4.29. The Morgan fingerprint density at radius 3 is 2.68 bits per heavy atom. The van der Waals surface area contributed by atoms with Crippen molar-refractivity contribution in [3.8, 4) is 0 Å². The molecule has 2 fully saturated rings. The Balaban J connectivity index is 1.85. The van der Waals surface area contributed by atoms with Crippen LogP contribution in [0.4, 0.5) is 4.79 Å². The second kappa shape index (κ2) is 5.77. The van der Waals surface area contributed by atoms with Crippen LogP contribution < -0.4 is 5.32 Å². The molecule has 1 aliphatic heterocycles. The molecule has 2 aliphatic rings. The highest BCUT2D eigenvalue weighted by molar-refractivity contribution is 5.75. The van der Waals surface area contributed by atoms with Gasteiger partial charge in [-0.25, -0.2) is 4.79 Å². The molecule has 2 amide bonds. The second-order valence-corrected chi connectivity index (χ2v) is 5.64. The van der Waals surface area contributed by atoms with Crippen molar-refractivity contribution in [1.82, 2.24) is 10.2 Å². The van der Waals surface area contributed by atoms with E-state index in [2.05, 4.69) is 5.32 Å². The van der Waals surface area contributed by atoms with Gasteiger partial charge < -0.3 is 20.1 Å². The largest absolute Gasteiger partial charge is 0.481 e. The van der Waals surface area contributed by atoms with Gasteiger partial charge in [0.1, 0.15) is 0 Å². The smallest absolute Gasteiger partial charge is 0.318 e. The van der Waals surface area contributed by atoms with Crippen molar-refractivity contribution >= 4 is 12.0 Å². The van der Waals surface area contributed by atoms with Gasteiger partial charge in [0.15, 0.2) is 0 Å². The number of nitrogens with one attached hydrogen (secondary N) is 1. The van der Waals surface area contributed by atoms with Gasteiger partial charge in [-0.05, 0) is 33.1 Å². The van der Waals surface area contributed by atoms with Crippen molar-refractivity contribution < 1.29 is 19.4 Å². The summed E-state index contributed by atoms with van der Waals surface area (Å²) in [5.74, 6) is -1.07. The molecule has 0 aromatic heterocycles. The Hall–Kier alpha value is -1.30. The molecule has 1 aliphatic carbocycles. The number of ether oxygens (including phenoxy) is 1. The Morgan fingerprint density at radius 1 is 1.32 bits per heavy atom. The minimum Gasteiger partial charge on any atom is -0.481 e. The van der Waals surface area contributed by atoms with Crippen molar-refractivity contribution in [2.75, 3.05) is 13.2 Å². The average molecular weight is 270 g/mol. The summed E-state index contributed by atoms with van der Waals surface area (Å²) in [6.07, 6.45) is 1.99. The van der Waals surface area contributed by atoms with Crippen LogP contribution in [0.25, 0.3) is 0 Å². The number of aliphatic carboxylic acids is 1. The molecule has 2 N–H and O–H groups in total. The van der Waals surface area contributed by atoms with Gasteiger partial charge >= 0.3 is 12.0 Å². The van der Waals surface area contributed by atoms with E-state index in [9.17, 15) is 9.59 Å². The zero-order valence-corrected chi connectivity index (χ0v) is 11.5. The molecule has 6 nitrogen and oxygen atoms in total. The number of rotatable bonds is 2. The van der Waals surface area contributed by atoms with Crippen molar-refractivity contribution in [3.63, 3.8) is 0 Å². The van der Waals surface area contributed by atoms with Crippen LogP contribution in [0.3, 0.4) is 0 Å². The van der Waals surface area contributed by atoms with E-state index in [1.165, 1.54) is 0 Å². The van der Waals surface area contributed by atoms with E-state index in [1.807, 2.05) is 13.8 Å². The molecule has 0 radical (unpaired) electrons. The van der Waals surface area contributed by atoms with Crippen molar-refractivity contribution in [3.05, 3.63) is 0 Å². The summed E-state index contributed by atoms with van der Waals surface area (Å²) in [5.41, 5.74) is 0. The molecule has 1 saturated heterocycles. The van der Waals surface area contributed by atoms with E-state index >= 15 is 0 Å². The molecule has 0 spiro atoms. The third-order valence-corrected chi connectivity index (χ3v) is 3.98. The van der Waals surface area contributed by atoms with Crippen LogP contribution in [-0.2, 0) is 9.53 Å². The highest BCUT2D eigenvalue weighted by Crippen LogP contribution is 2.26. The van der Waals surface area contributed by atoms with Gasteiger partial charge in [-0.15, -0.1) is 0 Å². The SMILES string of the molecule is CC1CN(C(=O)NC2CCC(C(=O)O)C2)C(C)CO1. The monoisotopic (exact) mass is 270 g/mol. The van der Waals surface area contributed by atoms with Crippen LogP contribution in [0, 0.1) is 5.92 Å². The summed E-state index contributed by atoms with van der Waals surface area (Å²) in [7, 11) is 0. The molecule has 1 heterocycles. The summed E-state index contributed by atoms with van der Waals surface area (Å²) in [5, 5.41) is 11.9. The summed E-state index contributed by atoms with van der Waals surface area (Å²) in [6, 6.07) is -0.0505. The lowest BCUT2D eigenvalue weighted by Crippen LogP contribution is -2.55.